The molecule has 1 fully saturated rings. The van der Waals surface area contributed by atoms with E-state index in [1.165, 1.54) is 0 Å². The van der Waals surface area contributed by atoms with Crippen molar-refractivity contribution >= 4 is 11.9 Å². The van der Waals surface area contributed by atoms with Crippen LogP contribution in [0.25, 0.3) is 0 Å². The Morgan fingerprint density at radius 2 is 2.12 bits per heavy atom. The third-order valence-electron chi connectivity index (χ3n) is 3.98. The van der Waals surface area contributed by atoms with Crippen LogP contribution in [0.3, 0.4) is 0 Å². The Balaban J connectivity index is 1.76. The summed E-state index contributed by atoms with van der Waals surface area (Å²) in [5.41, 5.74) is 0.0703. The third kappa shape index (κ3) is 5.67. The number of carbonyl (C=O) groups excluding carboxylic acids is 2. The van der Waals surface area contributed by atoms with Gasteiger partial charge in [0.1, 0.15) is 12.2 Å². The lowest BCUT2D eigenvalue weighted by molar-refractivity contribution is 0.00456. The van der Waals surface area contributed by atoms with Crippen LogP contribution in [0.15, 0.2) is 18.3 Å². The average Bonchev–Trinajstić information content (AvgIpc) is 3.04. The lowest BCUT2D eigenvalue weighted by Crippen LogP contribution is -2.46. The van der Waals surface area contributed by atoms with Crippen molar-refractivity contribution in [1.29, 1.82) is 0 Å². The number of carbonyl (C=O) groups is 2. The Bertz CT molecular complexity index is 534. The molecular weight excluding hydrogens is 308 g/mol. The molecule has 1 atom stereocenters. The van der Waals surface area contributed by atoms with Crippen LogP contribution in [0.1, 0.15) is 56.9 Å². The maximum atomic E-state index is 12.3. The second kappa shape index (κ2) is 8.33. The summed E-state index contributed by atoms with van der Waals surface area (Å²) in [7, 11) is 0. The van der Waals surface area contributed by atoms with Crippen molar-refractivity contribution in [1.82, 2.24) is 9.88 Å². The lowest BCUT2D eigenvalue weighted by atomic mass is 10.0. The van der Waals surface area contributed by atoms with Crippen LogP contribution in [-0.4, -0.2) is 53.2 Å². The Hall–Kier alpha value is -1.82. The summed E-state index contributed by atoms with van der Waals surface area (Å²) in [5.74, 6) is -0.0624. The van der Waals surface area contributed by atoms with Crippen molar-refractivity contribution in [3.05, 3.63) is 24.0 Å². The van der Waals surface area contributed by atoms with Crippen molar-refractivity contribution in [2.75, 3.05) is 19.8 Å². The standard InChI is InChI=1S/C18H28N2O4/c1-18(2,3)24-17(22)20-11-5-4-7-14(20)9-12-23-13-16(21)15-8-6-10-19-15/h6,8,10,14,19H,4-5,7,9,11-13H2,1-3H3/t14-/m0/s1. The summed E-state index contributed by atoms with van der Waals surface area (Å²) >= 11 is 0. The zero-order chi connectivity index (χ0) is 17.6. The molecule has 6 heteroatoms. The van der Waals surface area contributed by atoms with Gasteiger partial charge in [-0.05, 0) is 58.6 Å². The first-order chi connectivity index (χ1) is 11.4. The van der Waals surface area contributed by atoms with Crippen LogP contribution in [0, 0.1) is 0 Å². The van der Waals surface area contributed by atoms with Crippen LogP contribution in [0.2, 0.25) is 0 Å². The molecule has 6 nitrogen and oxygen atoms in total. The molecule has 0 spiro atoms. The third-order valence-corrected chi connectivity index (χ3v) is 3.98. The number of aromatic amines is 1. The largest absolute Gasteiger partial charge is 0.444 e. The van der Waals surface area contributed by atoms with E-state index in [0.29, 0.717) is 12.3 Å². The van der Waals surface area contributed by atoms with Gasteiger partial charge in [0.2, 0.25) is 5.78 Å². The number of hydrogen-bond donors (Lipinski definition) is 1. The molecule has 134 valence electrons. The number of piperidine rings is 1. The summed E-state index contributed by atoms with van der Waals surface area (Å²) in [4.78, 5) is 28.9. The van der Waals surface area contributed by atoms with E-state index in [0.717, 1.165) is 32.2 Å². The molecule has 1 saturated heterocycles. The van der Waals surface area contributed by atoms with Crippen LogP contribution in [0.4, 0.5) is 4.79 Å². The van der Waals surface area contributed by atoms with E-state index in [9.17, 15) is 9.59 Å². The van der Waals surface area contributed by atoms with Gasteiger partial charge in [-0.1, -0.05) is 0 Å². The minimum absolute atomic E-state index is 0.0552. The number of rotatable bonds is 6. The molecule has 0 saturated carbocycles. The lowest BCUT2D eigenvalue weighted by Gasteiger charge is -2.36. The SMILES string of the molecule is CC(C)(C)OC(=O)N1CCCC[C@H]1CCOCC(=O)c1ccc[nH]1. The Labute approximate surface area is 143 Å². The topological polar surface area (TPSA) is 71.6 Å². The molecule has 2 rings (SSSR count). The molecule has 0 aliphatic carbocycles. The van der Waals surface area contributed by atoms with Crippen molar-refractivity contribution in [2.24, 2.45) is 0 Å². The van der Waals surface area contributed by atoms with Crippen molar-refractivity contribution < 1.29 is 19.1 Å². The van der Waals surface area contributed by atoms with Gasteiger partial charge >= 0.3 is 6.09 Å². The number of nitrogens with one attached hydrogen (secondary N) is 1. The summed E-state index contributed by atoms with van der Waals surface area (Å²) < 4.78 is 11.0. The molecule has 0 unspecified atom stereocenters. The first-order valence-electron chi connectivity index (χ1n) is 8.61. The van der Waals surface area contributed by atoms with Crippen LogP contribution < -0.4 is 0 Å². The van der Waals surface area contributed by atoms with Crippen LogP contribution >= 0.6 is 0 Å². The molecule has 1 aliphatic heterocycles. The van der Waals surface area contributed by atoms with E-state index in [2.05, 4.69) is 4.98 Å². The number of Topliss-reactive ketones (excluding diaryl/α,β-unsaturated/α-hetero) is 1. The van der Waals surface area contributed by atoms with Crippen molar-refractivity contribution in [3.63, 3.8) is 0 Å². The van der Waals surface area contributed by atoms with Gasteiger partial charge in [0, 0.05) is 25.4 Å². The molecule has 0 aromatic carbocycles. The fourth-order valence-electron chi connectivity index (χ4n) is 2.83. The van der Waals surface area contributed by atoms with Gasteiger partial charge < -0.3 is 19.4 Å². The normalized spacial score (nSPS) is 18.5. The monoisotopic (exact) mass is 336 g/mol. The van der Waals surface area contributed by atoms with E-state index in [4.69, 9.17) is 9.47 Å². The minimum Gasteiger partial charge on any atom is -0.444 e. The predicted molar refractivity (Wildman–Crippen MR) is 91.1 cm³/mol. The molecule has 24 heavy (non-hydrogen) atoms. The fraction of sp³-hybridized carbons (Fsp3) is 0.667. The van der Waals surface area contributed by atoms with Gasteiger partial charge in [0.25, 0.3) is 0 Å². The number of nitrogens with zero attached hydrogens (tertiary/aromatic N) is 1. The van der Waals surface area contributed by atoms with E-state index in [-0.39, 0.29) is 24.5 Å². The molecule has 1 aromatic rings. The zero-order valence-electron chi connectivity index (χ0n) is 14.8. The fourth-order valence-corrected chi connectivity index (χ4v) is 2.83. The van der Waals surface area contributed by atoms with E-state index >= 15 is 0 Å². The summed E-state index contributed by atoms with van der Waals surface area (Å²) in [6.45, 7) is 6.86. The van der Waals surface area contributed by atoms with Crippen LogP contribution in [0.5, 0.6) is 0 Å². The highest BCUT2D eigenvalue weighted by Crippen LogP contribution is 2.22. The van der Waals surface area contributed by atoms with Gasteiger partial charge in [0.05, 0.1) is 5.69 Å². The minimum atomic E-state index is -0.488. The second-order valence-corrected chi connectivity index (χ2v) is 7.17. The molecule has 1 aromatic heterocycles. The van der Waals surface area contributed by atoms with Gasteiger partial charge in [-0.3, -0.25) is 4.79 Å². The highest BCUT2D eigenvalue weighted by atomic mass is 16.6. The number of likely N-dealkylation sites (tertiary alicyclic amines) is 1. The molecule has 1 N–H and O–H groups in total. The Morgan fingerprint density at radius 3 is 2.79 bits per heavy atom. The number of H-pyrrole nitrogens is 1. The first kappa shape index (κ1) is 18.5. The van der Waals surface area contributed by atoms with Gasteiger partial charge in [0.15, 0.2) is 0 Å². The van der Waals surface area contributed by atoms with E-state index in [1.807, 2.05) is 25.7 Å². The first-order valence-corrected chi connectivity index (χ1v) is 8.61. The molecule has 1 aliphatic rings. The highest BCUT2D eigenvalue weighted by Gasteiger charge is 2.30. The Kier molecular flexibility index (Phi) is 6.43. The van der Waals surface area contributed by atoms with Crippen molar-refractivity contribution in [2.45, 2.75) is 58.1 Å². The number of ketones is 1. The van der Waals surface area contributed by atoms with E-state index < -0.39 is 5.60 Å². The number of hydrogen-bond acceptors (Lipinski definition) is 4. The van der Waals surface area contributed by atoms with Gasteiger partial charge in [-0.2, -0.15) is 0 Å². The number of ether oxygens (including phenoxy) is 2. The molecule has 1 amide bonds. The van der Waals surface area contributed by atoms with Gasteiger partial charge in [-0.25, -0.2) is 4.79 Å². The Morgan fingerprint density at radius 1 is 1.33 bits per heavy atom. The van der Waals surface area contributed by atoms with Crippen molar-refractivity contribution in [3.8, 4) is 0 Å². The number of amides is 1. The highest BCUT2D eigenvalue weighted by molar-refractivity contribution is 5.95. The maximum Gasteiger partial charge on any atom is 0.410 e. The molecule has 0 bridgehead atoms. The smallest absolute Gasteiger partial charge is 0.410 e. The zero-order valence-corrected chi connectivity index (χ0v) is 14.8. The predicted octanol–water partition coefficient (Wildman–Crippen LogP) is 3.39. The maximum absolute atomic E-state index is 12.3. The van der Waals surface area contributed by atoms with Gasteiger partial charge in [-0.15, -0.1) is 0 Å². The second-order valence-electron chi connectivity index (χ2n) is 7.17. The summed E-state index contributed by atoms with van der Waals surface area (Å²) in [6.07, 6.45) is 5.24. The summed E-state index contributed by atoms with van der Waals surface area (Å²) in [5, 5.41) is 0. The quantitative estimate of drug-likeness (QED) is 0.638. The molecule has 2 heterocycles. The van der Waals surface area contributed by atoms with E-state index in [1.54, 1.807) is 18.3 Å². The molecular formula is C18H28N2O4. The van der Waals surface area contributed by atoms with Crippen LogP contribution in [-0.2, 0) is 9.47 Å². The molecule has 0 radical (unpaired) electrons. The average molecular weight is 336 g/mol. The number of aromatic nitrogens is 1. The summed E-state index contributed by atoms with van der Waals surface area (Å²) in [6, 6.07) is 3.64.